The normalized spacial score (nSPS) is 28.1. The summed E-state index contributed by atoms with van der Waals surface area (Å²) in [6.07, 6.45) is 5.95. The Morgan fingerprint density at radius 2 is 1.71 bits per heavy atom. The van der Waals surface area contributed by atoms with Gasteiger partial charge in [-0.3, -0.25) is 0 Å². The summed E-state index contributed by atoms with van der Waals surface area (Å²) in [5.41, 5.74) is 1.24. The van der Waals surface area contributed by atoms with Crippen molar-refractivity contribution in [1.29, 1.82) is 0 Å². The van der Waals surface area contributed by atoms with Gasteiger partial charge in [-0.1, -0.05) is 34.6 Å². The quantitative estimate of drug-likeness (QED) is 0.696. The monoisotopic (exact) mass is 237 g/mol. The van der Waals surface area contributed by atoms with Gasteiger partial charge in [-0.05, 0) is 61.4 Å². The van der Waals surface area contributed by atoms with Crippen molar-refractivity contribution in [2.75, 3.05) is 19.6 Å². The lowest BCUT2D eigenvalue weighted by Gasteiger charge is -2.52. The molecule has 2 aliphatic rings. The maximum absolute atomic E-state index is 2.71. The first-order valence-electron chi connectivity index (χ1n) is 7.53. The maximum Gasteiger partial charge on any atom is 0.00120 e. The highest BCUT2D eigenvalue weighted by Gasteiger charge is 2.43. The molecule has 0 aromatic carbocycles. The minimum absolute atomic E-state index is 0.458. The molecule has 1 saturated heterocycles. The van der Waals surface area contributed by atoms with Gasteiger partial charge in [0, 0.05) is 6.54 Å². The zero-order valence-corrected chi connectivity index (χ0v) is 12.6. The molecule has 0 bridgehead atoms. The van der Waals surface area contributed by atoms with Gasteiger partial charge in [0.2, 0.25) is 0 Å². The van der Waals surface area contributed by atoms with E-state index in [9.17, 15) is 0 Å². The van der Waals surface area contributed by atoms with Crippen molar-refractivity contribution >= 4 is 0 Å². The Labute approximate surface area is 108 Å². The van der Waals surface area contributed by atoms with Crippen molar-refractivity contribution in [2.45, 2.75) is 60.3 Å². The highest BCUT2D eigenvalue weighted by molar-refractivity contribution is 4.95. The van der Waals surface area contributed by atoms with Gasteiger partial charge in [-0.2, -0.15) is 0 Å². The summed E-state index contributed by atoms with van der Waals surface area (Å²) in [6.45, 7) is 16.0. The van der Waals surface area contributed by atoms with E-state index >= 15 is 0 Å². The molecule has 0 amide bonds. The second-order valence-corrected chi connectivity index (χ2v) is 8.08. The number of hydrogen-bond acceptors (Lipinski definition) is 1. The van der Waals surface area contributed by atoms with Crippen molar-refractivity contribution in [1.82, 2.24) is 4.90 Å². The first kappa shape index (κ1) is 13.4. The van der Waals surface area contributed by atoms with Gasteiger partial charge < -0.3 is 4.90 Å². The third-order valence-corrected chi connectivity index (χ3v) is 5.49. The Kier molecular flexibility index (Phi) is 3.60. The molecule has 1 spiro atoms. The molecule has 1 aliphatic carbocycles. The van der Waals surface area contributed by atoms with Gasteiger partial charge in [-0.15, -0.1) is 0 Å². The van der Waals surface area contributed by atoms with Crippen LogP contribution in [0.2, 0.25) is 0 Å². The van der Waals surface area contributed by atoms with Gasteiger partial charge in [0.15, 0.2) is 0 Å². The van der Waals surface area contributed by atoms with E-state index in [-0.39, 0.29) is 0 Å². The molecule has 17 heavy (non-hydrogen) atoms. The van der Waals surface area contributed by atoms with Crippen molar-refractivity contribution < 1.29 is 0 Å². The molecule has 1 heteroatoms. The van der Waals surface area contributed by atoms with Crippen LogP contribution in [0.1, 0.15) is 60.3 Å². The summed E-state index contributed by atoms with van der Waals surface area (Å²) < 4.78 is 0. The third kappa shape index (κ3) is 3.05. The van der Waals surface area contributed by atoms with Crippen molar-refractivity contribution in [3.63, 3.8) is 0 Å². The SMILES string of the molecule is CC1CC2(CCN(CC(C)C(C)(C)C)CC2)C1. The standard InChI is InChI=1S/C16H31N/c1-13-10-16(11-13)6-8-17(9-7-16)12-14(2)15(3,4)5/h13-14H,6-12H2,1-5H3. The van der Waals surface area contributed by atoms with Crippen LogP contribution >= 0.6 is 0 Å². The zero-order valence-electron chi connectivity index (χ0n) is 12.6. The highest BCUT2D eigenvalue weighted by Crippen LogP contribution is 2.52. The molecular weight excluding hydrogens is 206 g/mol. The van der Waals surface area contributed by atoms with Gasteiger partial charge in [0.25, 0.3) is 0 Å². The minimum atomic E-state index is 0.458. The fraction of sp³-hybridized carbons (Fsp3) is 1.00. The molecular formula is C16H31N. The summed E-state index contributed by atoms with van der Waals surface area (Å²) >= 11 is 0. The van der Waals surface area contributed by atoms with Crippen LogP contribution in [0.3, 0.4) is 0 Å². The first-order valence-corrected chi connectivity index (χ1v) is 7.53. The summed E-state index contributed by atoms with van der Waals surface area (Å²) in [7, 11) is 0. The lowest BCUT2D eigenvalue weighted by molar-refractivity contribution is -0.0131. The lowest BCUT2D eigenvalue weighted by atomic mass is 9.58. The van der Waals surface area contributed by atoms with E-state index < -0.39 is 0 Å². The van der Waals surface area contributed by atoms with Crippen LogP contribution in [0.4, 0.5) is 0 Å². The van der Waals surface area contributed by atoms with Crippen LogP contribution in [-0.4, -0.2) is 24.5 Å². The molecule has 1 heterocycles. The number of nitrogens with zero attached hydrogens (tertiary/aromatic N) is 1. The Bertz CT molecular complexity index is 247. The first-order chi connectivity index (χ1) is 7.81. The van der Waals surface area contributed by atoms with Crippen LogP contribution in [0.5, 0.6) is 0 Å². The Morgan fingerprint density at radius 3 is 2.12 bits per heavy atom. The molecule has 1 atom stereocenters. The Morgan fingerprint density at radius 1 is 1.18 bits per heavy atom. The topological polar surface area (TPSA) is 3.24 Å². The maximum atomic E-state index is 2.71. The smallest absolute Gasteiger partial charge is 0.00120 e. The van der Waals surface area contributed by atoms with Crippen LogP contribution < -0.4 is 0 Å². The van der Waals surface area contributed by atoms with Gasteiger partial charge >= 0.3 is 0 Å². The molecule has 0 radical (unpaired) electrons. The number of hydrogen-bond donors (Lipinski definition) is 0. The van der Waals surface area contributed by atoms with E-state index in [1.54, 1.807) is 0 Å². The Hall–Kier alpha value is -0.0400. The summed E-state index contributed by atoms with van der Waals surface area (Å²) in [4.78, 5) is 2.71. The highest BCUT2D eigenvalue weighted by atomic mass is 15.1. The summed E-state index contributed by atoms with van der Waals surface area (Å²) in [5, 5.41) is 0. The summed E-state index contributed by atoms with van der Waals surface area (Å²) in [5.74, 6) is 1.81. The largest absolute Gasteiger partial charge is 0.303 e. The fourth-order valence-electron chi connectivity index (χ4n) is 3.70. The van der Waals surface area contributed by atoms with Crippen molar-refractivity contribution in [3.05, 3.63) is 0 Å². The third-order valence-electron chi connectivity index (χ3n) is 5.49. The molecule has 1 saturated carbocycles. The molecule has 1 unspecified atom stereocenters. The van der Waals surface area contributed by atoms with E-state index in [1.165, 1.54) is 45.3 Å². The van der Waals surface area contributed by atoms with E-state index in [0.717, 1.165) is 17.3 Å². The molecule has 0 N–H and O–H groups in total. The van der Waals surface area contributed by atoms with Crippen LogP contribution in [0.25, 0.3) is 0 Å². The van der Waals surface area contributed by atoms with E-state index in [0.29, 0.717) is 5.41 Å². The van der Waals surface area contributed by atoms with Crippen LogP contribution in [0, 0.1) is 22.7 Å². The number of piperidine rings is 1. The van der Waals surface area contributed by atoms with Crippen molar-refractivity contribution in [2.24, 2.45) is 22.7 Å². The molecule has 0 aromatic rings. The zero-order chi connectivity index (χ0) is 12.7. The van der Waals surface area contributed by atoms with Crippen LogP contribution in [0.15, 0.2) is 0 Å². The number of likely N-dealkylation sites (tertiary alicyclic amines) is 1. The second-order valence-electron chi connectivity index (χ2n) is 8.08. The lowest BCUT2D eigenvalue weighted by Crippen LogP contribution is -2.48. The Balaban J connectivity index is 1.76. The molecule has 1 nitrogen and oxygen atoms in total. The molecule has 1 aliphatic heterocycles. The molecule has 0 aromatic heterocycles. The van der Waals surface area contributed by atoms with Gasteiger partial charge in [0.1, 0.15) is 0 Å². The predicted octanol–water partition coefficient (Wildman–Crippen LogP) is 4.18. The minimum Gasteiger partial charge on any atom is -0.303 e. The van der Waals surface area contributed by atoms with E-state index in [2.05, 4.69) is 39.5 Å². The summed E-state index contributed by atoms with van der Waals surface area (Å²) in [6, 6.07) is 0. The van der Waals surface area contributed by atoms with Gasteiger partial charge in [-0.25, -0.2) is 0 Å². The van der Waals surface area contributed by atoms with Gasteiger partial charge in [0.05, 0.1) is 0 Å². The predicted molar refractivity (Wildman–Crippen MR) is 75.1 cm³/mol. The van der Waals surface area contributed by atoms with E-state index in [4.69, 9.17) is 0 Å². The molecule has 100 valence electrons. The van der Waals surface area contributed by atoms with Crippen LogP contribution in [-0.2, 0) is 0 Å². The van der Waals surface area contributed by atoms with E-state index in [1.807, 2.05) is 0 Å². The molecule has 2 fully saturated rings. The number of rotatable bonds is 2. The molecule has 2 rings (SSSR count). The average molecular weight is 237 g/mol. The van der Waals surface area contributed by atoms with Crippen molar-refractivity contribution in [3.8, 4) is 0 Å². The second kappa shape index (κ2) is 4.57. The fourth-order valence-corrected chi connectivity index (χ4v) is 3.70. The average Bonchev–Trinajstić information content (AvgIpc) is 2.17.